The molecule has 2 N–H and O–H groups in total. The van der Waals surface area contributed by atoms with Crippen LogP contribution in [0.15, 0.2) is 24.3 Å². The second-order valence-corrected chi connectivity index (χ2v) is 5.39. The van der Waals surface area contributed by atoms with Gasteiger partial charge in [-0.1, -0.05) is 38.3 Å². The minimum absolute atomic E-state index is 0.564. The summed E-state index contributed by atoms with van der Waals surface area (Å²) in [5.74, 6) is 0. The lowest BCUT2D eigenvalue weighted by atomic mass is 9.96. The SMILES string of the molecule is CCc1ccc(NC(=S)NC2CCCCC2)cc1. The van der Waals surface area contributed by atoms with Crippen LogP contribution in [0.5, 0.6) is 0 Å². The Morgan fingerprint density at radius 1 is 1.17 bits per heavy atom. The maximum atomic E-state index is 5.36. The van der Waals surface area contributed by atoms with Crippen molar-refractivity contribution in [3.05, 3.63) is 29.8 Å². The van der Waals surface area contributed by atoms with Gasteiger partial charge in [0, 0.05) is 11.7 Å². The lowest BCUT2D eigenvalue weighted by Gasteiger charge is -2.24. The molecule has 2 nitrogen and oxygen atoms in total. The molecular weight excluding hydrogens is 240 g/mol. The molecule has 0 amide bonds. The summed E-state index contributed by atoms with van der Waals surface area (Å²) in [6.45, 7) is 2.16. The van der Waals surface area contributed by atoms with E-state index >= 15 is 0 Å². The summed E-state index contributed by atoms with van der Waals surface area (Å²) < 4.78 is 0. The van der Waals surface area contributed by atoms with Crippen LogP contribution in [0.3, 0.4) is 0 Å². The monoisotopic (exact) mass is 262 g/mol. The number of aryl methyl sites for hydroxylation is 1. The van der Waals surface area contributed by atoms with Crippen molar-refractivity contribution in [2.24, 2.45) is 0 Å². The molecule has 0 heterocycles. The zero-order valence-electron chi connectivity index (χ0n) is 11.0. The van der Waals surface area contributed by atoms with Gasteiger partial charge in [-0.2, -0.15) is 0 Å². The third kappa shape index (κ3) is 3.98. The Balaban J connectivity index is 1.82. The largest absolute Gasteiger partial charge is 0.360 e. The molecule has 1 aliphatic rings. The van der Waals surface area contributed by atoms with Gasteiger partial charge in [-0.15, -0.1) is 0 Å². The van der Waals surface area contributed by atoms with E-state index in [9.17, 15) is 0 Å². The van der Waals surface area contributed by atoms with E-state index in [1.165, 1.54) is 37.7 Å². The van der Waals surface area contributed by atoms with E-state index < -0.39 is 0 Å². The van der Waals surface area contributed by atoms with Crippen molar-refractivity contribution in [2.75, 3.05) is 5.32 Å². The van der Waals surface area contributed by atoms with Crippen LogP contribution < -0.4 is 10.6 Å². The Bertz CT molecular complexity index is 380. The Labute approximate surface area is 115 Å². The summed E-state index contributed by atoms with van der Waals surface area (Å²) in [6, 6.07) is 9.03. The van der Waals surface area contributed by atoms with E-state index in [2.05, 4.69) is 41.8 Å². The summed E-state index contributed by atoms with van der Waals surface area (Å²) in [6.07, 6.45) is 7.59. The van der Waals surface area contributed by atoms with E-state index in [4.69, 9.17) is 12.2 Å². The van der Waals surface area contributed by atoms with Crippen LogP contribution in [0.4, 0.5) is 5.69 Å². The van der Waals surface area contributed by atoms with E-state index in [0.717, 1.165) is 17.2 Å². The average molecular weight is 262 g/mol. The van der Waals surface area contributed by atoms with Gasteiger partial charge in [-0.3, -0.25) is 0 Å². The van der Waals surface area contributed by atoms with Crippen LogP contribution in [0.1, 0.15) is 44.6 Å². The molecule has 0 saturated heterocycles. The first-order valence-corrected chi connectivity index (χ1v) is 7.35. The van der Waals surface area contributed by atoms with Crippen molar-refractivity contribution in [3.63, 3.8) is 0 Å². The zero-order chi connectivity index (χ0) is 12.8. The summed E-state index contributed by atoms with van der Waals surface area (Å²) >= 11 is 5.36. The second kappa shape index (κ2) is 6.74. The van der Waals surface area contributed by atoms with Gasteiger partial charge in [0.15, 0.2) is 5.11 Å². The standard InChI is InChI=1S/C15H22N2S/c1-2-12-8-10-14(11-9-12)17-15(18)16-13-6-4-3-5-7-13/h8-11,13H,2-7H2,1H3,(H2,16,17,18). The van der Waals surface area contributed by atoms with Crippen molar-refractivity contribution < 1.29 is 0 Å². The van der Waals surface area contributed by atoms with Crippen LogP contribution in [-0.4, -0.2) is 11.2 Å². The summed E-state index contributed by atoms with van der Waals surface area (Å²) in [5, 5.41) is 7.43. The third-order valence-electron chi connectivity index (χ3n) is 3.56. The van der Waals surface area contributed by atoms with Crippen LogP contribution in [0, 0.1) is 0 Å². The summed E-state index contributed by atoms with van der Waals surface area (Å²) in [4.78, 5) is 0. The van der Waals surface area contributed by atoms with Gasteiger partial charge in [-0.05, 0) is 49.2 Å². The molecule has 1 saturated carbocycles. The molecule has 18 heavy (non-hydrogen) atoms. The van der Waals surface area contributed by atoms with Crippen molar-refractivity contribution >= 4 is 23.0 Å². The van der Waals surface area contributed by atoms with E-state index in [0.29, 0.717) is 6.04 Å². The van der Waals surface area contributed by atoms with Crippen LogP contribution in [0.25, 0.3) is 0 Å². The quantitative estimate of drug-likeness (QED) is 0.809. The van der Waals surface area contributed by atoms with E-state index in [1.54, 1.807) is 0 Å². The highest BCUT2D eigenvalue weighted by molar-refractivity contribution is 7.80. The molecule has 3 heteroatoms. The smallest absolute Gasteiger partial charge is 0.170 e. The maximum Gasteiger partial charge on any atom is 0.170 e. The number of hydrogen-bond donors (Lipinski definition) is 2. The molecule has 0 unspecified atom stereocenters. The van der Waals surface area contributed by atoms with E-state index in [-0.39, 0.29) is 0 Å². The first kappa shape index (κ1) is 13.3. The Hall–Kier alpha value is -1.09. The number of rotatable bonds is 3. The predicted octanol–water partition coefficient (Wildman–Crippen LogP) is 3.87. The van der Waals surface area contributed by atoms with Gasteiger partial charge >= 0.3 is 0 Å². The Morgan fingerprint density at radius 2 is 1.83 bits per heavy atom. The predicted molar refractivity (Wildman–Crippen MR) is 82.0 cm³/mol. The lowest BCUT2D eigenvalue weighted by molar-refractivity contribution is 0.415. The lowest BCUT2D eigenvalue weighted by Crippen LogP contribution is -2.38. The molecule has 1 fully saturated rings. The van der Waals surface area contributed by atoms with Gasteiger partial charge in [0.1, 0.15) is 0 Å². The van der Waals surface area contributed by atoms with Gasteiger partial charge in [0.25, 0.3) is 0 Å². The van der Waals surface area contributed by atoms with Crippen LogP contribution >= 0.6 is 12.2 Å². The third-order valence-corrected chi connectivity index (χ3v) is 3.78. The number of benzene rings is 1. The fourth-order valence-electron chi connectivity index (χ4n) is 2.42. The molecule has 1 aromatic carbocycles. The Kier molecular flexibility index (Phi) is 5.00. The van der Waals surface area contributed by atoms with E-state index in [1.807, 2.05) is 0 Å². The molecule has 0 radical (unpaired) electrons. The van der Waals surface area contributed by atoms with Gasteiger partial charge in [0.2, 0.25) is 0 Å². The zero-order valence-corrected chi connectivity index (χ0v) is 11.9. The van der Waals surface area contributed by atoms with Crippen molar-refractivity contribution in [3.8, 4) is 0 Å². The molecule has 1 aromatic rings. The number of nitrogens with one attached hydrogen (secondary N) is 2. The first-order chi connectivity index (χ1) is 8.78. The van der Waals surface area contributed by atoms with Crippen LogP contribution in [-0.2, 0) is 6.42 Å². The highest BCUT2D eigenvalue weighted by Gasteiger charge is 2.13. The second-order valence-electron chi connectivity index (χ2n) is 4.98. The fraction of sp³-hybridized carbons (Fsp3) is 0.533. The number of hydrogen-bond acceptors (Lipinski definition) is 1. The van der Waals surface area contributed by atoms with Crippen molar-refractivity contribution in [2.45, 2.75) is 51.5 Å². The molecule has 2 rings (SSSR count). The molecule has 0 atom stereocenters. The van der Waals surface area contributed by atoms with Gasteiger partial charge in [0.05, 0.1) is 0 Å². The first-order valence-electron chi connectivity index (χ1n) is 6.94. The van der Waals surface area contributed by atoms with Crippen LogP contribution in [0.2, 0.25) is 0 Å². The maximum absolute atomic E-state index is 5.36. The molecule has 0 aromatic heterocycles. The molecule has 98 valence electrons. The normalized spacial score (nSPS) is 16.3. The minimum Gasteiger partial charge on any atom is -0.360 e. The summed E-state index contributed by atoms with van der Waals surface area (Å²) in [5.41, 5.74) is 2.42. The highest BCUT2D eigenvalue weighted by atomic mass is 32.1. The molecule has 0 bridgehead atoms. The number of anilines is 1. The summed E-state index contributed by atoms with van der Waals surface area (Å²) in [7, 11) is 0. The van der Waals surface area contributed by atoms with Gasteiger partial charge in [-0.25, -0.2) is 0 Å². The minimum atomic E-state index is 0.564. The molecule has 1 aliphatic carbocycles. The molecule has 0 aliphatic heterocycles. The average Bonchev–Trinajstić information content (AvgIpc) is 2.40. The fourth-order valence-corrected chi connectivity index (χ4v) is 2.71. The van der Waals surface area contributed by atoms with Gasteiger partial charge < -0.3 is 10.6 Å². The van der Waals surface area contributed by atoms with Crippen molar-refractivity contribution in [1.82, 2.24) is 5.32 Å². The topological polar surface area (TPSA) is 24.1 Å². The highest BCUT2D eigenvalue weighted by Crippen LogP contribution is 2.17. The molecule has 0 spiro atoms. The molecular formula is C15H22N2S. The van der Waals surface area contributed by atoms with Crippen molar-refractivity contribution in [1.29, 1.82) is 0 Å². The number of thiocarbonyl (C=S) groups is 1. The Morgan fingerprint density at radius 3 is 2.44 bits per heavy atom.